The highest BCUT2D eigenvalue weighted by Gasteiger charge is 2.50. The van der Waals surface area contributed by atoms with Crippen LogP contribution in [0.15, 0.2) is 24.3 Å². The zero-order valence-corrected chi connectivity index (χ0v) is 47.3. The summed E-state index contributed by atoms with van der Waals surface area (Å²) in [4.78, 5) is 102. The van der Waals surface area contributed by atoms with Crippen molar-refractivity contribution in [1.82, 2.24) is 31.5 Å². The molecule has 1 aromatic carbocycles. The normalized spacial score (nSPS) is 29.0. The minimum Gasteiger partial charge on any atom is -0.508 e. The van der Waals surface area contributed by atoms with E-state index in [0.29, 0.717) is 37.5 Å². The molecule has 1 aromatic rings. The first-order chi connectivity index (χ1) is 38.0. The number of aliphatic hydroxyl groups excluding tert-OH is 8. The number of aromatic hydroxyl groups is 1. The Bertz CT molecular complexity index is 2120. The van der Waals surface area contributed by atoms with Gasteiger partial charge < -0.3 is 77.9 Å². The molecule has 23 nitrogen and oxygen atoms in total. The van der Waals surface area contributed by atoms with Gasteiger partial charge in [0.1, 0.15) is 48.0 Å². The largest absolute Gasteiger partial charge is 0.508 e. The molecular weight excluding hydrogens is 1040 g/mol. The topological polar surface area (TPSA) is 391 Å². The lowest BCUT2D eigenvalue weighted by atomic mass is 9.80. The van der Waals surface area contributed by atoms with Crippen LogP contribution >= 0.6 is 0 Å². The molecule has 3 aliphatic rings. The van der Waals surface area contributed by atoms with Crippen molar-refractivity contribution in [2.45, 2.75) is 223 Å². The molecule has 1 saturated carbocycles. The number of benzene rings is 1. The summed E-state index contributed by atoms with van der Waals surface area (Å²) in [7, 11) is 0. The van der Waals surface area contributed by atoms with Gasteiger partial charge >= 0.3 is 0 Å². The van der Waals surface area contributed by atoms with E-state index in [4.69, 9.17) is 5.73 Å². The van der Waals surface area contributed by atoms with Crippen molar-refractivity contribution in [2.75, 3.05) is 26.2 Å². The fraction of sp³-hybridized carbons (Fsp3) is 0.772. The summed E-state index contributed by atoms with van der Waals surface area (Å²) in [6, 6.07) is -2.17. The number of nitrogens with one attached hydrogen (secondary N) is 5. The van der Waals surface area contributed by atoms with Gasteiger partial charge in [0.05, 0.1) is 42.5 Å². The highest BCUT2D eigenvalue weighted by Crippen LogP contribution is 2.38. The first-order valence-electron chi connectivity index (χ1n) is 29.2. The average Bonchev–Trinajstić information content (AvgIpc) is 4.12. The Morgan fingerprint density at radius 1 is 0.750 bits per heavy atom. The Balaban J connectivity index is 1.75. The number of unbranched alkanes of at least 4 members (excludes halogenated alkanes) is 7. The molecule has 0 spiro atoms. The smallest absolute Gasteiger partial charge is 0.248 e. The molecule has 2 heterocycles. The van der Waals surface area contributed by atoms with E-state index in [9.17, 15) is 79.5 Å². The molecule has 9 unspecified atom stereocenters. The van der Waals surface area contributed by atoms with Crippen LogP contribution in [0, 0.1) is 29.6 Å². The second-order valence-corrected chi connectivity index (χ2v) is 22.9. The van der Waals surface area contributed by atoms with Gasteiger partial charge in [-0.25, -0.2) is 0 Å². The molecule has 0 bridgehead atoms. The molecule has 16 N–H and O–H groups in total. The summed E-state index contributed by atoms with van der Waals surface area (Å²) < 4.78 is 0. The minimum absolute atomic E-state index is 0.00960. The molecule has 23 heteroatoms. The number of ketones is 2. The van der Waals surface area contributed by atoms with Crippen molar-refractivity contribution >= 4 is 41.1 Å². The van der Waals surface area contributed by atoms with E-state index in [1.165, 1.54) is 37.6 Å². The third kappa shape index (κ3) is 20.3. The molecule has 1 aliphatic carbocycles. The number of carbonyl (C=O) groups is 7. The fourth-order valence-electron chi connectivity index (χ4n) is 11.4. The van der Waals surface area contributed by atoms with Gasteiger partial charge in [-0.3, -0.25) is 38.9 Å². The minimum atomic E-state index is -2.15. The summed E-state index contributed by atoms with van der Waals surface area (Å²) in [6.45, 7) is 7.47. The van der Waals surface area contributed by atoms with Gasteiger partial charge in [-0.1, -0.05) is 77.8 Å². The number of hydrogen-bond donors (Lipinski definition) is 15. The molecular formula is C57H95N7O16. The van der Waals surface area contributed by atoms with E-state index >= 15 is 0 Å². The van der Waals surface area contributed by atoms with Gasteiger partial charge in [-0.15, -0.1) is 0 Å². The molecule has 454 valence electrons. The molecule has 3 fully saturated rings. The van der Waals surface area contributed by atoms with Crippen LogP contribution in [-0.4, -0.2) is 185 Å². The van der Waals surface area contributed by atoms with Crippen LogP contribution in [0.5, 0.6) is 5.75 Å². The monoisotopic (exact) mass is 1130 g/mol. The third-order valence-corrected chi connectivity index (χ3v) is 16.3. The standard InChI is InChI=1S/C57H95N7O16/c1-5-32(2)27-33(3)15-11-8-6-7-9-12-16-46(73)60-41-31-45(72)53(59-24-13-10-14-26-65)63-56(79)49-43(70)22-25-64(49)57(80)48(42(69)21-23-58)62-54(77)40(52(76)50(74)35-17-19-36(67)20-18-35)30-44(71)38-28-37(68)29-39(38)51(75)47(34(4)66)61-55(41)78/h17-20,32-34,37-43,45,47-50,52-53,59,65-70,72,74,76H,5-16,21-31,58H2,1-4H3,(H,60,73)(H,61,78)(H,62,77)(H,63,79)/t32?,33?,34-,37-,38?,39?,40?,41+,42-,43+,45-,47?,48?,49?,50+,52+,53?/m1/s1. The Morgan fingerprint density at radius 2 is 1.39 bits per heavy atom. The number of nitrogens with zero attached hydrogens (tertiary/aromatic N) is 1. The van der Waals surface area contributed by atoms with Gasteiger partial charge in [-0.05, 0) is 107 Å². The zero-order valence-electron chi connectivity index (χ0n) is 47.3. The van der Waals surface area contributed by atoms with Gasteiger partial charge in [0.25, 0.3) is 0 Å². The number of phenolic OH excluding ortho intramolecular Hbond substituents is 1. The summed E-state index contributed by atoms with van der Waals surface area (Å²) in [5.74, 6) is -10.4. The molecule has 0 radical (unpaired) electrons. The molecule has 2 saturated heterocycles. The summed E-state index contributed by atoms with van der Waals surface area (Å²) in [5, 5.41) is 113. The van der Waals surface area contributed by atoms with Crippen molar-refractivity contribution in [2.24, 2.45) is 35.3 Å². The molecule has 2 aliphatic heterocycles. The maximum Gasteiger partial charge on any atom is 0.248 e. The van der Waals surface area contributed by atoms with Crippen LogP contribution < -0.4 is 32.3 Å². The number of phenols is 1. The van der Waals surface area contributed by atoms with E-state index in [1.54, 1.807) is 0 Å². The second-order valence-electron chi connectivity index (χ2n) is 22.9. The number of carbonyl (C=O) groups excluding carboxylic acids is 7. The highest BCUT2D eigenvalue weighted by molar-refractivity contribution is 5.99. The van der Waals surface area contributed by atoms with Crippen molar-refractivity contribution < 1.29 is 79.5 Å². The number of hydrogen-bond acceptors (Lipinski definition) is 18. The summed E-state index contributed by atoms with van der Waals surface area (Å²) >= 11 is 0. The molecule has 17 atom stereocenters. The lowest BCUT2D eigenvalue weighted by Crippen LogP contribution is -2.63. The zero-order chi connectivity index (χ0) is 59.2. The van der Waals surface area contributed by atoms with E-state index < -0.39 is 145 Å². The van der Waals surface area contributed by atoms with Crippen molar-refractivity contribution in [3.05, 3.63) is 29.8 Å². The Labute approximate surface area is 470 Å². The average molecular weight is 1130 g/mol. The van der Waals surface area contributed by atoms with Crippen LogP contribution in [0.4, 0.5) is 0 Å². The maximum atomic E-state index is 14.7. The quantitative estimate of drug-likeness (QED) is 0.0542. The SMILES string of the molecule is CCC(C)CC(C)CCCCCCCCC(=O)N[C@H]1C[C@@H](O)C(NCCCCCO)NC(=O)C2[C@@H](O)CCN2C(=O)C([C@H](O)CCN)NC(=O)C([C@H](O)[C@@H](O)c2ccc(O)cc2)CC(=O)C2C[C@@H](O)CC2C(=O)C([C@@H](C)O)NC1=O. The van der Waals surface area contributed by atoms with E-state index in [1.807, 2.05) is 0 Å². The highest BCUT2D eigenvalue weighted by atomic mass is 16.3. The Kier molecular flexibility index (Phi) is 28.9. The van der Waals surface area contributed by atoms with Gasteiger partial charge in [0.2, 0.25) is 29.5 Å². The van der Waals surface area contributed by atoms with Crippen LogP contribution in [0.2, 0.25) is 0 Å². The Morgan fingerprint density at radius 3 is 2.04 bits per heavy atom. The summed E-state index contributed by atoms with van der Waals surface area (Å²) in [5.41, 5.74) is 5.78. The van der Waals surface area contributed by atoms with E-state index in [-0.39, 0.29) is 69.7 Å². The maximum absolute atomic E-state index is 14.7. The number of rotatable bonds is 26. The van der Waals surface area contributed by atoms with Gasteiger partial charge in [0, 0.05) is 44.2 Å². The fourth-order valence-corrected chi connectivity index (χ4v) is 11.4. The van der Waals surface area contributed by atoms with Crippen molar-refractivity contribution in [1.29, 1.82) is 0 Å². The number of nitrogens with two attached hydrogens (primary N) is 1. The van der Waals surface area contributed by atoms with E-state index in [0.717, 1.165) is 49.8 Å². The number of aliphatic hydroxyl groups is 8. The molecule has 80 heavy (non-hydrogen) atoms. The number of fused-ring (bicyclic) bond motifs is 2. The van der Waals surface area contributed by atoms with Gasteiger partial charge in [-0.2, -0.15) is 0 Å². The van der Waals surface area contributed by atoms with E-state index in [2.05, 4.69) is 47.4 Å². The predicted octanol–water partition coefficient (Wildman–Crippen LogP) is -0.0230. The van der Waals surface area contributed by atoms with Crippen LogP contribution in [0.3, 0.4) is 0 Å². The summed E-state index contributed by atoms with van der Waals surface area (Å²) in [6.07, 6.45) is -6.11. The van der Waals surface area contributed by atoms with Crippen molar-refractivity contribution in [3.8, 4) is 5.75 Å². The third-order valence-electron chi connectivity index (χ3n) is 16.3. The molecule has 0 aromatic heterocycles. The predicted molar refractivity (Wildman–Crippen MR) is 294 cm³/mol. The molecule has 5 amide bonds. The second kappa shape index (κ2) is 34.0. The number of Topliss-reactive ketones (excluding diaryl/α,β-unsaturated/α-hetero) is 2. The lowest BCUT2D eigenvalue weighted by molar-refractivity contribution is -0.148. The van der Waals surface area contributed by atoms with Crippen LogP contribution in [-0.2, 0) is 33.6 Å². The lowest BCUT2D eigenvalue weighted by Gasteiger charge is -2.34. The van der Waals surface area contributed by atoms with Crippen LogP contribution in [0.25, 0.3) is 0 Å². The van der Waals surface area contributed by atoms with Gasteiger partial charge in [0.15, 0.2) is 5.78 Å². The van der Waals surface area contributed by atoms with Crippen LogP contribution in [0.1, 0.15) is 161 Å². The number of amides is 5. The first kappa shape index (κ1) is 67.8. The first-order valence-corrected chi connectivity index (χ1v) is 29.2. The van der Waals surface area contributed by atoms with Crippen molar-refractivity contribution in [3.63, 3.8) is 0 Å². The Hall–Kier alpha value is -4.69. The molecule has 4 rings (SSSR count).